The van der Waals surface area contributed by atoms with Gasteiger partial charge in [-0.15, -0.1) is 0 Å². The van der Waals surface area contributed by atoms with Crippen LogP contribution in [0.15, 0.2) is 29.4 Å². The standard InChI is InChI=1S/C14H19NO/c1-9(2)11-4-6-12(7-5-11)14-8-13(14)10(3)15-16/h4-7,9,13-14,16H,8H2,1-3H3/b15-10-/t13-,14+/m0/s1. The van der Waals surface area contributed by atoms with Gasteiger partial charge in [-0.25, -0.2) is 0 Å². The lowest BCUT2D eigenvalue weighted by atomic mass is 9.99. The molecule has 1 fully saturated rings. The fourth-order valence-electron chi connectivity index (χ4n) is 2.23. The topological polar surface area (TPSA) is 32.6 Å². The maximum atomic E-state index is 8.71. The number of rotatable bonds is 3. The van der Waals surface area contributed by atoms with Gasteiger partial charge < -0.3 is 5.21 Å². The van der Waals surface area contributed by atoms with Gasteiger partial charge in [0.1, 0.15) is 0 Å². The van der Waals surface area contributed by atoms with Gasteiger partial charge in [-0.3, -0.25) is 0 Å². The van der Waals surface area contributed by atoms with E-state index < -0.39 is 0 Å². The number of benzene rings is 1. The van der Waals surface area contributed by atoms with Crippen LogP contribution < -0.4 is 0 Å². The van der Waals surface area contributed by atoms with Gasteiger partial charge in [-0.1, -0.05) is 43.3 Å². The Labute approximate surface area is 97.0 Å². The smallest absolute Gasteiger partial charge is 0.0577 e. The van der Waals surface area contributed by atoms with Gasteiger partial charge in [0, 0.05) is 5.92 Å². The van der Waals surface area contributed by atoms with E-state index in [9.17, 15) is 0 Å². The van der Waals surface area contributed by atoms with Crippen LogP contribution in [-0.2, 0) is 0 Å². The molecule has 0 radical (unpaired) electrons. The fourth-order valence-corrected chi connectivity index (χ4v) is 2.23. The summed E-state index contributed by atoms with van der Waals surface area (Å²) in [4.78, 5) is 0. The average molecular weight is 217 g/mol. The lowest BCUT2D eigenvalue weighted by Crippen LogP contribution is -1.96. The lowest BCUT2D eigenvalue weighted by Gasteiger charge is -2.06. The van der Waals surface area contributed by atoms with E-state index in [4.69, 9.17) is 5.21 Å². The Morgan fingerprint density at radius 2 is 1.94 bits per heavy atom. The second-order valence-electron chi connectivity index (χ2n) is 5.01. The predicted octanol–water partition coefficient (Wildman–Crippen LogP) is 3.76. The van der Waals surface area contributed by atoms with Gasteiger partial charge in [-0.2, -0.15) is 0 Å². The van der Waals surface area contributed by atoms with Gasteiger partial charge in [0.05, 0.1) is 5.71 Å². The van der Waals surface area contributed by atoms with E-state index in [1.165, 1.54) is 11.1 Å². The minimum atomic E-state index is 0.454. The first kappa shape index (κ1) is 11.2. The minimum absolute atomic E-state index is 0.454. The van der Waals surface area contributed by atoms with E-state index in [0.717, 1.165) is 12.1 Å². The molecule has 0 saturated heterocycles. The van der Waals surface area contributed by atoms with Crippen molar-refractivity contribution in [1.82, 2.24) is 0 Å². The molecule has 1 saturated carbocycles. The van der Waals surface area contributed by atoms with Crippen LogP contribution in [0.1, 0.15) is 50.2 Å². The van der Waals surface area contributed by atoms with Crippen LogP contribution in [0, 0.1) is 5.92 Å². The Balaban J connectivity index is 2.08. The average Bonchev–Trinajstić information content (AvgIpc) is 3.08. The Morgan fingerprint density at radius 3 is 2.44 bits per heavy atom. The molecule has 16 heavy (non-hydrogen) atoms. The summed E-state index contributed by atoms with van der Waals surface area (Å²) in [5.74, 6) is 1.61. The molecule has 1 aromatic carbocycles. The number of oxime groups is 1. The van der Waals surface area contributed by atoms with Crippen LogP contribution >= 0.6 is 0 Å². The van der Waals surface area contributed by atoms with Gasteiger partial charge in [0.2, 0.25) is 0 Å². The maximum absolute atomic E-state index is 8.71. The van der Waals surface area contributed by atoms with Crippen molar-refractivity contribution in [1.29, 1.82) is 0 Å². The summed E-state index contributed by atoms with van der Waals surface area (Å²) in [6.45, 7) is 6.31. The monoisotopic (exact) mass is 217 g/mol. The summed E-state index contributed by atoms with van der Waals surface area (Å²) in [6.07, 6.45) is 1.12. The lowest BCUT2D eigenvalue weighted by molar-refractivity contribution is 0.316. The van der Waals surface area contributed by atoms with Crippen molar-refractivity contribution in [2.45, 2.75) is 39.0 Å². The highest BCUT2D eigenvalue weighted by molar-refractivity contribution is 5.87. The number of hydrogen-bond acceptors (Lipinski definition) is 2. The second-order valence-corrected chi connectivity index (χ2v) is 5.01. The largest absolute Gasteiger partial charge is 0.411 e. The zero-order valence-corrected chi connectivity index (χ0v) is 10.1. The van der Waals surface area contributed by atoms with Crippen LogP contribution in [-0.4, -0.2) is 10.9 Å². The van der Waals surface area contributed by atoms with Crippen LogP contribution in [0.4, 0.5) is 0 Å². The molecule has 1 N–H and O–H groups in total. The van der Waals surface area contributed by atoms with Crippen molar-refractivity contribution >= 4 is 5.71 Å². The quantitative estimate of drug-likeness (QED) is 0.466. The van der Waals surface area contributed by atoms with Crippen LogP contribution in [0.3, 0.4) is 0 Å². The molecule has 0 unspecified atom stereocenters. The van der Waals surface area contributed by atoms with E-state index >= 15 is 0 Å². The molecule has 0 spiro atoms. The van der Waals surface area contributed by atoms with Crippen molar-refractivity contribution < 1.29 is 5.21 Å². The van der Waals surface area contributed by atoms with Crippen LogP contribution in [0.25, 0.3) is 0 Å². The molecule has 2 nitrogen and oxygen atoms in total. The Kier molecular flexibility index (Phi) is 2.99. The Morgan fingerprint density at radius 1 is 1.31 bits per heavy atom. The normalized spacial score (nSPS) is 24.9. The zero-order chi connectivity index (χ0) is 11.7. The number of hydrogen-bond donors (Lipinski definition) is 1. The van der Waals surface area contributed by atoms with E-state index in [2.05, 4.69) is 43.3 Å². The van der Waals surface area contributed by atoms with Crippen molar-refractivity contribution in [3.8, 4) is 0 Å². The van der Waals surface area contributed by atoms with E-state index in [-0.39, 0.29) is 0 Å². The second kappa shape index (κ2) is 4.28. The molecule has 2 heteroatoms. The third kappa shape index (κ3) is 2.11. The third-order valence-corrected chi connectivity index (χ3v) is 3.52. The van der Waals surface area contributed by atoms with Gasteiger partial charge in [0.25, 0.3) is 0 Å². The fraction of sp³-hybridized carbons (Fsp3) is 0.500. The number of nitrogens with zero attached hydrogens (tertiary/aromatic N) is 1. The van der Waals surface area contributed by atoms with E-state index in [1.807, 2.05) is 6.92 Å². The van der Waals surface area contributed by atoms with Crippen LogP contribution in [0.2, 0.25) is 0 Å². The molecule has 0 bridgehead atoms. The molecule has 2 rings (SSSR count). The van der Waals surface area contributed by atoms with Gasteiger partial charge in [0.15, 0.2) is 0 Å². The summed E-state index contributed by atoms with van der Waals surface area (Å²) >= 11 is 0. The first-order chi connectivity index (χ1) is 7.63. The third-order valence-electron chi connectivity index (χ3n) is 3.52. The van der Waals surface area contributed by atoms with Crippen molar-refractivity contribution in [3.63, 3.8) is 0 Å². The van der Waals surface area contributed by atoms with E-state index in [0.29, 0.717) is 17.8 Å². The molecule has 1 aromatic rings. The molecule has 0 heterocycles. The highest BCUT2D eigenvalue weighted by Gasteiger charge is 2.40. The SMILES string of the molecule is C/C(=N/O)[C@@H]1C[C@@H]1c1ccc(C(C)C)cc1. The van der Waals surface area contributed by atoms with Gasteiger partial charge in [-0.05, 0) is 36.3 Å². The summed E-state index contributed by atoms with van der Waals surface area (Å²) in [7, 11) is 0. The predicted molar refractivity (Wildman–Crippen MR) is 66.3 cm³/mol. The first-order valence-corrected chi connectivity index (χ1v) is 5.92. The first-order valence-electron chi connectivity index (χ1n) is 5.92. The summed E-state index contributed by atoms with van der Waals surface area (Å²) in [5, 5.41) is 12.0. The highest BCUT2D eigenvalue weighted by atomic mass is 16.4. The Bertz CT molecular complexity index is 392. The molecule has 1 aliphatic carbocycles. The molecule has 0 aromatic heterocycles. The molecule has 1 aliphatic rings. The van der Waals surface area contributed by atoms with Gasteiger partial charge >= 0.3 is 0 Å². The summed E-state index contributed by atoms with van der Waals surface area (Å²) in [6, 6.07) is 8.84. The highest BCUT2D eigenvalue weighted by Crippen LogP contribution is 2.48. The molecule has 86 valence electrons. The summed E-state index contributed by atoms with van der Waals surface area (Å²) < 4.78 is 0. The van der Waals surface area contributed by atoms with Crippen LogP contribution in [0.5, 0.6) is 0 Å². The molecule has 0 aliphatic heterocycles. The minimum Gasteiger partial charge on any atom is -0.411 e. The summed E-state index contributed by atoms with van der Waals surface area (Å²) in [5.41, 5.74) is 3.61. The Hall–Kier alpha value is -1.31. The maximum Gasteiger partial charge on any atom is 0.0577 e. The van der Waals surface area contributed by atoms with Crippen molar-refractivity contribution in [2.24, 2.45) is 11.1 Å². The van der Waals surface area contributed by atoms with E-state index in [1.54, 1.807) is 0 Å². The molecule has 2 atom stereocenters. The van der Waals surface area contributed by atoms with Crippen molar-refractivity contribution in [3.05, 3.63) is 35.4 Å². The molecule has 0 amide bonds. The van der Waals surface area contributed by atoms with Crippen molar-refractivity contribution in [2.75, 3.05) is 0 Å². The molecular weight excluding hydrogens is 198 g/mol. The zero-order valence-electron chi connectivity index (χ0n) is 10.1. The molecular formula is C14H19NO.